The average molecular weight is 364 g/mol. The minimum Gasteiger partial charge on any atom is -0.455 e. The summed E-state index contributed by atoms with van der Waals surface area (Å²) in [6.45, 7) is 0.952. The van der Waals surface area contributed by atoms with Crippen molar-refractivity contribution in [1.82, 2.24) is 5.32 Å². The molecule has 0 bridgehead atoms. The Hall–Kier alpha value is -2.82. The minimum absolute atomic E-state index is 0.195. The van der Waals surface area contributed by atoms with E-state index in [-0.39, 0.29) is 17.1 Å². The number of fused-ring (bicyclic) bond motifs is 3. The number of hydrogen-bond acceptors (Lipinski definition) is 3. The molecule has 1 fully saturated rings. The Morgan fingerprint density at radius 2 is 1.96 bits per heavy atom. The molecule has 2 aliphatic rings. The number of amides is 1. The van der Waals surface area contributed by atoms with Gasteiger partial charge in [0.1, 0.15) is 17.2 Å². The number of anilines is 1. The zero-order valence-corrected chi connectivity index (χ0v) is 15.2. The molecule has 1 aliphatic heterocycles. The van der Waals surface area contributed by atoms with E-state index < -0.39 is 0 Å². The van der Waals surface area contributed by atoms with Crippen molar-refractivity contribution < 1.29 is 13.6 Å². The van der Waals surface area contributed by atoms with E-state index >= 15 is 0 Å². The molecule has 0 saturated heterocycles. The monoisotopic (exact) mass is 364 g/mol. The molecule has 2 N–H and O–H groups in total. The van der Waals surface area contributed by atoms with Crippen LogP contribution in [0.15, 0.2) is 40.8 Å². The molecule has 0 radical (unpaired) electrons. The van der Waals surface area contributed by atoms with Crippen LogP contribution in [0.4, 0.5) is 10.1 Å². The molecule has 0 atom stereocenters. The third kappa shape index (κ3) is 2.52. The summed E-state index contributed by atoms with van der Waals surface area (Å²) >= 11 is 0. The molecule has 0 unspecified atom stereocenters. The van der Waals surface area contributed by atoms with Crippen molar-refractivity contribution in [3.63, 3.8) is 0 Å². The molecule has 27 heavy (non-hydrogen) atoms. The van der Waals surface area contributed by atoms with E-state index in [1.807, 2.05) is 6.07 Å². The van der Waals surface area contributed by atoms with Gasteiger partial charge in [-0.1, -0.05) is 0 Å². The second-order valence-corrected chi connectivity index (χ2v) is 7.60. The summed E-state index contributed by atoms with van der Waals surface area (Å²) in [4.78, 5) is 12.7. The van der Waals surface area contributed by atoms with Gasteiger partial charge in [0.2, 0.25) is 0 Å². The van der Waals surface area contributed by atoms with E-state index in [4.69, 9.17) is 4.42 Å². The molecule has 1 spiro atoms. The molecule has 5 rings (SSSR count). The summed E-state index contributed by atoms with van der Waals surface area (Å²) < 4.78 is 19.5. The van der Waals surface area contributed by atoms with Crippen LogP contribution in [-0.2, 0) is 5.41 Å². The van der Waals surface area contributed by atoms with E-state index in [2.05, 4.69) is 16.7 Å². The highest BCUT2D eigenvalue weighted by Gasteiger charge is 2.46. The zero-order valence-electron chi connectivity index (χ0n) is 15.2. The van der Waals surface area contributed by atoms with Crippen molar-refractivity contribution >= 4 is 22.6 Å². The smallest absolute Gasteiger partial charge is 0.255 e. The molecule has 138 valence electrons. The third-order valence-electron chi connectivity index (χ3n) is 5.96. The molecular weight excluding hydrogens is 343 g/mol. The Balaban J connectivity index is 1.77. The van der Waals surface area contributed by atoms with Crippen LogP contribution in [0, 0.1) is 5.82 Å². The summed E-state index contributed by atoms with van der Waals surface area (Å²) in [6.07, 6.45) is 4.73. The van der Waals surface area contributed by atoms with Gasteiger partial charge in [0.05, 0.1) is 5.56 Å². The lowest BCUT2D eigenvalue weighted by Gasteiger charge is -2.15. The molecule has 2 aromatic carbocycles. The van der Waals surface area contributed by atoms with Crippen LogP contribution in [0.25, 0.3) is 22.3 Å². The number of halogens is 1. The molecule has 4 nitrogen and oxygen atoms in total. The highest BCUT2D eigenvalue weighted by atomic mass is 19.1. The van der Waals surface area contributed by atoms with Gasteiger partial charge in [-0.05, 0) is 67.0 Å². The molecule has 5 heteroatoms. The predicted molar refractivity (Wildman–Crippen MR) is 104 cm³/mol. The number of nitrogens with one attached hydrogen (secondary N) is 2. The normalized spacial score (nSPS) is 17.3. The zero-order chi connectivity index (χ0) is 18.6. The maximum atomic E-state index is 13.3. The van der Waals surface area contributed by atoms with Crippen LogP contribution in [0.5, 0.6) is 0 Å². The van der Waals surface area contributed by atoms with E-state index in [9.17, 15) is 9.18 Å². The Bertz CT molecular complexity index is 1050. The SMILES string of the molecule is CNC(=O)c1c(-c2ccc(F)cc2)oc2cc3c(cc12)C1(CCCN3)CC1. The van der Waals surface area contributed by atoms with Crippen LogP contribution in [-0.4, -0.2) is 19.5 Å². The lowest BCUT2D eigenvalue weighted by molar-refractivity contribution is 0.0964. The summed E-state index contributed by atoms with van der Waals surface area (Å²) in [5.74, 6) is -0.0308. The van der Waals surface area contributed by atoms with Gasteiger partial charge in [0.15, 0.2) is 0 Å². The van der Waals surface area contributed by atoms with E-state index in [1.54, 1.807) is 19.2 Å². The average Bonchev–Trinajstić information content (AvgIpc) is 3.41. The minimum atomic E-state index is -0.317. The standard InChI is InChI=1S/C22H21FN2O2/c1-24-21(26)19-15-11-16-17(25-10-2-7-22(16)8-9-22)12-18(15)27-20(19)13-3-5-14(23)6-4-13/h3-6,11-12,25H,2,7-10H2,1H3,(H,24,26). The van der Waals surface area contributed by atoms with Gasteiger partial charge in [-0.25, -0.2) is 4.39 Å². The maximum Gasteiger partial charge on any atom is 0.255 e. The first-order valence-corrected chi connectivity index (χ1v) is 9.44. The molecular formula is C22H21FN2O2. The largest absolute Gasteiger partial charge is 0.455 e. The third-order valence-corrected chi connectivity index (χ3v) is 5.96. The first kappa shape index (κ1) is 16.4. The Kier molecular flexibility index (Phi) is 3.54. The first-order chi connectivity index (χ1) is 13.1. The highest BCUT2D eigenvalue weighted by molar-refractivity contribution is 6.11. The van der Waals surface area contributed by atoms with E-state index in [0.717, 1.165) is 24.0 Å². The van der Waals surface area contributed by atoms with E-state index in [1.165, 1.54) is 37.0 Å². The van der Waals surface area contributed by atoms with Crippen molar-refractivity contribution in [3.8, 4) is 11.3 Å². The lowest BCUT2D eigenvalue weighted by atomic mass is 9.89. The van der Waals surface area contributed by atoms with Gasteiger partial charge in [0, 0.05) is 36.3 Å². The van der Waals surface area contributed by atoms with Crippen molar-refractivity contribution in [3.05, 3.63) is 53.3 Å². The molecule has 1 aromatic heterocycles. The Morgan fingerprint density at radius 1 is 1.19 bits per heavy atom. The predicted octanol–water partition coefficient (Wildman–Crippen LogP) is 4.84. The van der Waals surface area contributed by atoms with Crippen molar-refractivity contribution in [2.45, 2.75) is 31.1 Å². The maximum absolute atomic E-state index is 13.3. The van der Waals surface area contributed by atoms with Crippen LogP contribution < -0.4 is 10.6 Å². The quantitative estimate of drug-likeness (QED) is 0.684. The van der Waals surface area contributed by atoms with Crippen molar-refractivity contribution in [2.75, 3.05) is 18.9 Å². The number of carbonyl (C=O) groups is 1. The van der Waals surface area contributed by atoms with Gasteiger partial charge in [-0.3, -0.25) is 4.79 Å². The Morgan fingerprint density at radius 3 is 2.67 bits per heavy atom. The molecule has 2 heterocycles. The van der Waals surface area contributed by atoms with Gasteiger partial charge >= 0.3 is 0 Å². The second kappa shape index (κ2) is 5.84. The number of rotatable bonds is 2. The van der Waals surface area contributed by atoms with Gasteiger partial charge in [-0.2, -0.15) is 0 Å². The fraction of sp³-hybridized carbons (Fsp3) is 0.318. The van der Waals surface area contributed by atoms with Gasteiger partial charge in [0.25, 0.3) is 5.91 Å². The van der Waals surface area contributed by atoms with Crippen LogP contribution >= 0.6 is 0 Å². The first-order valence-electron chi connectivity index (χ1n) is 9.44. The summed E-state index contributed by atoms with van der Waals surface area (Å²) in [5, 5.41) is 7.06. The summed E-state index contributed by atoms with van der Waals surface area (Å²) in [7, 11) is 1.61. The summed E-state index contributed by atoms with van der Waals surface area (Å²) in [6, 6.07) is 10.2. The summed E-state index contributed by atoms with van der Waals surface area (Å²) in [5.41, 5.74) is 4.54. The van der Waals surface area contributed by atoms with E-state index in [0.29, 0.717) is 22.5 Å². The van der Waals surface area contributed by atoms with Crippen LogP contribution in [0.1, 0.15) is 41.6 Å². The molecule has 1 amide bonds. The fourth-order valence-electron chi connectivity index (χ4n) is 4.34. The molecule has 1 aliphatic carbocycles. The number of furan rings is 1. The highest BCUT2D eigenvalue weighted by Crippen LogP contribution is 2.56. The molecule has 3 aromatic rings. The second-order valence-electron chi connectivity index (χ2n) is 7.60. The van der Waals surface area contributed by atoms with Crippen LogP contribution in [0.2, 0.25) is 0 Å². The molecule has 1 saturated carbocycles. The van der Waals surface area contributed by atoms with Gasteiger partial charge in [-0.15, -0.1) is 0 Å². The number of hydrogen-bond donors (Lipinski definition) is 2. The topological polar surface area (TPSA) is 54.3 Å². The lowest BCUT2D eigenvalue weighted by Crippen LogP contribution is -2.18. The van der Waals surface area contributed by atoms with Crippen molar-refractivity contribution in [2.24, 2.45) is 0 Å². The Labute approximate surface area is 156 Å². The van der Waals surface area contributed by atoms with Gasteiger partial charge < -0.3 is 15.1 Å². The fourth-order valence-corrected chi connectivity index (χ4v) is 4.34. The number of carbonyl (C=O) groups excluding carboxylic acids is 1. The van der Waals surface area contributed by atoms with Crippen molar-refractivity contribution in [1.29, 1.82) is 0 Å². The van der Waals surface area contributed by atoms with Crippen LogP contribution in [0.3, 0.4) is 0 Å². The number of benzene rings is 2.